The van der Waals surface area contributed by atoms with Gasteiger partial charge in [-0.15, -0.1) is 0 Å². The minimum Gasteiger partial charge on any atom is -0.350 e. The van der Waals surface area contributed by atoms with E-state index in [0.29, 0.717) is 18.2 Å². The van der Waals surface area contributed by atoms with Gasteiger partial charge < -0.3 is 20.1 Å². The fraction of sp³-hybridized carbons (Fsp3) is 0.423. The van der Waals surface area contributed by atoms with Crippen LogP contribution in [-0.4, -0.2) is 65.3 Å². The van der Waals surface area contributed by atoms with Crippen LogP contribution in [0.1, 0.15) is 45.7 Å². The molecule has 3 heterocycles. The van der Waals surface area contributed by atoms with Gasteiger partial charge in [0.25, 0.3) is 11.8 Å². The fourth-order valence-electron chi connectivity index (χ4n) is 5.19. The average molecular weight is 446 g/mol. The lowest BCUT2D eigenvalue weighted by molar-refractivity contribution is 0.0669. The van der Waals surface area contributed by atoms with E-state index in [0.717, 1.165) is 55.4 Å². The maximum Gasteiger partial charge on any atom is 0.267 e. The van der Waals surface area contributed by atoms with Crippen molar-refractivity contribution in [1.82, 2.24) is 25.1 Å². The summed E-state index contributed by atoms with van der Waals surface area (Å²) >= 11 is 0. The first kappa shape index (κ1) is 21.6. The molecule has 1 unspecified atom stereocenters. The number of nitrogens with one attached hydrogen (secondary N) is 2. The van der Waals surface area contributed by atoms with Gasteiger partial charge in [0.15, 0.2) is 0 Å². The number of nitrogens with zero attached hydrogens (tertiary/aromatic N) is 3. The van der Waals surface area contributed by atoms with Gasteiger partial charge in [0.2, 0.25) is 0 Å². The first-order valence-electron chi connectivity index (χ1n) is 11.7. The molecule has 0 radical (unpaired) electrons. The van der Waals surface area contributed by atoms with E-state index in [9.17, 15) is 9.59 Å². The summed E-state index contributed by atoms with van der Waals surface area (Å²) in [5.41, 5.74) is 3.75. The maximum absolute atomic E-state index is 12.9. The zero-order valence-corrected chi connectivity index (χ0v) is 19.3. The van der Waals surface area contributed by atoms with E-state index in [1.807, 2.05) is 55.4 Å². The maximum atomic E-state index is 12.9. The average Bonchev–Trinajstić information content (AvgIpc) is 3.29. The van der Waals surface area contributed by atoms with E-state index in [1.165, 1.54) is 5.56 Å². The number of likely N-dealkylation sites (tertiary alicyclic amines) is 1. The number of aromatic amines is 1. The molecule has 1 aliphatic carbocycles. The smallest absolute Gasteiger partial charge is 0.267 e. The Morgan fingerprint density at radius 3 is 2.64 bits per heavy atom. The molecule has 33 heavy (non-hydrogen) atoms. The number of fused-ring (bicyclic) bond motifs is 1. The van der Waals surface area contributed by atoms with E-state index < -0.39 is 0 Å². The predicted octanol–water partition coefficient (Wildman–Crippen LogP) is 3.30. The van der Waals surface area contributed by atoms with Crippen LogP contribution in [0, 0.1) is 11.3 Å². The summed E-state index contributed by atoms with van der Waals surface area (Å²) < 4.78 is 0. The van der Waals surface area contributed by atoms with Crippen molar-refractivity contribution in [3.05, 3.63) is 65.6 Å². The number of H-pyrrole nitrogens is 1. The van der Waals surface area contributed by atoms with Crippen LogP contribution in [0.25, 0.3) is 10.9 Å². The van der Waals surface area contributed by atoms with E-state index >= 15 is 0 Å². The lowest BCUT2D eigenvalue weighted by Crippen LogP contribution is -2.40. The number of hydrogen-bond acceptors (Lipinski definition) is 4. The van der Waals surface area contributed by atoms with E-state index in [2.05, 4.69) is 20.2 Å². The quantitative estimate of drug-likeness (QED) is 0.610. The van der Waals surface area contributed by atoms with Crippen molar-refractivity contribution in [2.75, 3.05) is 33.7 Å². The molecule has 0 bridgehead atoms. The molecule has 1 aromatic carbocycles. The Hall–Kier alpha value is -3.19. The molecule has 1 saturated heterocycles. The highest BCUT2D eigenvalue weighted by Crippen LogP contribution is 2.59. The van der Waals surface area contributed by atoms with Crippen LogP contribution >= 0.6 is 0 Å². The topological polar surface area (TPSA) is 81.3 Å². The third-order valence-electron chi connectivity index (χ3n) is 7.28. The van der Waals surface area contributed by atoms with Gasteiger partial charge in [-0.1, -0.05) is 12.1 Å². The first-order chi connectivity index (χ1) is 15.9. The summed E-state index contributed by atoms with van der Waals surface area (Å²) in [5, 5.41) is 4.04. The zero-order valence-electron chi connectivity index (χ0n) is 19.3. The molecule has 1 spiro atoms. The molecule has 1 atom stereocenters. The number of benzene rings is 1. The SMILES string of the molecule is CN(C)Cc1ccc(C(=O)N2CCC3(CC2)CC3CNC(=O)c2cc3cnccc3[nH]2)cc1. The molecule has 1 saturated carbocycles. The third kappa shape index (κ3) is 4.50. The summed E-state index contributed by atoms with van der Waals surface area (Å²) in [6.07, 6.45) is 6.62. The Labute approximate surface area is 194 Å². The van der Waals surface area contributed by atoms with E-state index in [1.54, 1.807) is 12.4 Å². The highest BCUT2D eigenvalue weighted by atomic mass is 16.2. The Balaban J connectivity index is 1.11. The highest BCUT2D eigenvalue weighted by molar-refractivity contribution is 5.97. The van der Waals surface area contributed by atoms with Crippen LogP contribution in [0.5, 0.6) is 0 Å². The summed E-state index contributed by atoms with van der Waals surface area (Å²) in [6.45, 7) is 3.14. The molecule has 172 valence electrons. The number of carbonyl (C=O) groups excluding carboxylic acids is 2. The van der Waals surface area contributed by atoms with Gasteiger partial charge in [0.1, 0.15) is 5.69 Å². The molecule has 2 N–H and O–H groups in total. The minimum atomic E-state index is -0.0708. The van der Waals surface area contributed by atoms with Gasteiger partial charge in [-0.2, -0.15) is 0 Å². The summed E-state index contributed by atoms with van der Waals surface area (Å²) in [5.74, 6) is 0.550. The van der Waals surface area contributed by atoms with Gasteiger partial charge >= 0.3 is 0 Å². The van der Waals surface area contributed by atoms with Crippen LogP contribution in [0.3, 0.4) is 0 Å². The Kier molecular flexibility index (Phi) is 5.66. The minimum absolute atomic E-state index is 0.0708. The zero-order chi connectivity index (χ0) is 23.0. The van der Waals surface area contributed by atoms with E-state index in [4.69, 9.17) is 0 Å². The number of rotatable bonds is 6. The Morgan fingerprint density at radius 2 is 1.94 bits per heavy atom. The van der Waals surface area contributed by atoms with Crippen molar-refractivity contribution >= 4 is 22.7 Å². The Bertz CT molecular complexity index is 1130. The summed E-state index contributed by atoms with van der Waals surface area (Å²) in [7, 11) is 4.08. The standard InChI is InChI=1S/C26H31N5O2/c1-30(2)17-18-3-5-19(6-4-18)25(33)31-11-8-26(9-12-31)14-21(26)16-28-24(32)23-13-20-15-27-10-7-22(20)29-23/h3-7,10,13,15,21,29H,8-9,11-12,14,16-17H2,1-2H3,(H,28,32). The number of amides is 2. The van der Waals surface area contributed by atoms with Gasteiger partial charge in [0, 0.05) is 55.0 Å². The lowest BCUT2D eigenvalue weighted by Gasteiger charge is -2.33. The molecule has 3 aromatic rings. The van der Waals surface area contributed by atoms with Gasteiger partial charge in [-0.3, -0.25) is 14.6 Å². The lowest BCUT2D eigenvalue weighted by atomic mass is 9.90. The van der Waals surface area contributed by atoms with Crippen LogP contribution in [0.2, 0.25) is 0 Å². The monoisotopic (exact) mass is 445 g/mol. The van der Waals surface area contributed by atoms with Gasteiger partial charge in [-0.05, 0) is 74.5 Å². The van der Waals surface area contributed by atoms with Crippen molar-refractivity contribution in [3.63, 3.8) is 0 Å². The van der Waals surface area contributed by atoms with Gasteiger partial charge in [-0.25, -0.2) is 0 Å². The van der Waals surface area contributed by atoms with Crippen LogP contribution in [0.15, 0.2) is 48.8 Å². The van der Waals surface area contributed by atoms with Crippen molar-refractivity contribution in [1.29, 1.82) is 0 Å². The van der Waals surface area contributed by atoms with Crippen molar-refractivity contribution in [3.8, 4) is 0 Å². The number of carbonyl (C=O) groups is 2. The first-order valence-corrected chi connectivity index (χ1v) is 11.7. The molecule has 2 fully saturated rings. The summed E-state index contributed by atoms with van der Waals surface area (Å²) in [4.78, 5) is 36.9. The molecule has 2 aromatic heterocycles. The van der Waals surface area contributed by atoms with Crippen LogP contribution < -0.4 is 5.32 Å². The molecule has 2 aliphatic rings. The molecule has 2 amide bonds. The van der Waals surface area contributed by atoms with E-state index in [-0.39, 0.29) is 17.2 Å². The van der Waals surface area contributed by atoms with Crippen molar-refractivity contribution in [2.24, 2.45) is 11.3 Å². The van der Waals surface area contributed by atoms with Gasteiger partial charge in [0.05, 0.1) is 0 Å². The molecular formula is C26H31N5O2. The molecule has 7 heteroatoms. The van der Waals surface area contributed by atoms with Crippen LogP contribution in [-0.2, 0) is 6.54 Å². The fourth-order valence-corrected chi connectivity index (χ4v) is 5.19. The molecule has 5 rings (SSSR count). The number of aromatic nitrogens is 2. The second-order valence-electron chi connectivity index (χ2n) is 9.85. The van der Waals surface area contributed by atoms with Crippen molar-refractivity contribution < 1.29 is 9.59 Å². The largest absolute Gasteiger partial charge is 0.350 e. The number of piperidine rings is 1. The van der Waals surface area contributed by atoms with Crippen LogP contribution in [0.4, 0.5) is 0 Å². The third-order valence-corrected chi connectivity index (χ3v) is 7.28. The summed E-state index contributed by atoms with van der Waals surface area (Å²) in [6, 6.07) is 11.7. The molecular weight excluding hydrogens is 414 g/mol. The molecule has 7 nitrogen and oxygen atoms in total. The molecule has 1 aliphatic heterocycles. The number of hydrogen-bond donors (Lipinski definition) is 2. The Morgan fingerprint density at radius 1 is 1.18 bits per heavy atom. The second-order valence-corrected chi connectivity index (χ2v) is 9.85. The second kappa shape index (κ2) is 8.63. The normalized spacial score (nSPS) is 19.2. The predicted molar refractivity (Wildman–Crippen MR) is 128 cm³/mol. The van der Waals surface area contributed by atoms with Crippen molar-refractivity contribution in [2.45, 2.75) is 25.8 Å². The number of pyridine rings is 1. The highest BCUT2D eigenvalue weighted by Gasteiger charge is 2.54.